The van der Waals surface area contributed by atoms with Gasteiger partial charge < -0.3 is 4.74 Å². The first kappa shape index (κ1) is 7.89. The van der Waals surface area contributed by atoms with Gasteiger partial charge in [0.1, 0.15) is 0 Å². The van der Waals surface area contributed by atoms with Crippen molar-refractivity contribution >= 4 is 10.8 Å². The molecule has 1 nitrogen and oxygen atoms in total. The van der Waals surface area contributed by atoms with Crippen LogP contribution < -0.4 is 0 Å². The SMILES string of the molecule is c1ccc2cc3c(cc2c1)C[C@@H]1O[C@H]1C3. The van der Waals surface area contributed by atoms with Crippen molar-refractivity contribution in [1.82, 2.24) is 0 Å². The number of epoxide rings is 1. The number of fused-ring (bicyclic) bond motifs is 3. The van der Waals surface area contributed by atoms with Crippen molar-refractivity contribution in [3.05, 3.63) is 47.5 Å². The van der Waals surface area contributed by atoms with Gasteiger partial charge in [-0.2, -0.15) is 0 Å². The van der Waals surface area contributed by atoms with Crippen molar-refractivity contribution in [3.8, 4) is 0 Å². The molecule has 1 aliphatic carbocycles. The van der Waals surface area contributed by atoms with E-state index in [1.54, 1.807) is 0 Å². The Morgan fingerprint density at radius 1 is 0.867 bits per heavy atom. The molecule has 2 aromatic rings. The summed E-state index contributed by atoms with van der Waals surface area (Å²) in [5, 5.41) is 2.71. The number of hydrogen-bond acceptors (Lipinski definition) is 1. The zero-order valence-electron chi connectivity index (χ0n) is 8.44. The maximum absolute atomic E-state index is 5.59. The number of hydrogen-bond donors (Lipinski definition) is 0. The normalized spacial score (nSPS) is 27.2. The van der Waals surface area contributed by atoms with Crippen molar-refractivity contribution < 1.29 is 4.74 Å². The van der Waals surface area contributed by atoms with Crippen LogP contribution in [0.25, 0.3) is 10.8 Å². The fourth-order valence-electron chi connectivity index (χ4n) is 2.69. The summed E-state index contributed by atoms with van der Waals surface area (Å²) in [6.45, 7) is 0. The van der Waals surface area contributed by atoms with E-state index in [9.17, 15) is 0 Å². The minimum Gasteiger partial charge on any atom is -0.369 e. The third kappa shape index (κ3) is 1.13. The number of benzene rings is 2. The van der Waals surface area contributed by atoms with E-state index in [0.717, 1.165) is 12.8 Å². The zero-order chi connectivity index (χ0) is 9.83. The average Bonchev–Trinajstić information content (AvgIpc) is 3.00. The minimum atomic E-state index is 0.527. The van der Waals surface area contributed by atoms with E-state index >= 15 is 0 Å². The quantitative estimate of drug-likeness (QED) is 0.590. The molecule has 0 saturated carbocycles. The molecule has 1 heteroatoms. The van der Waals surface area contributed by atoms with Crippen LogP contribution in [-0.2, 0) is 17.6 Å². The molecular weight excluding hydrogens is 184 g/mol. The molecule has 0 bridgehead atoms. The second-order valence-corrected chi connectivity index (χ2v) is 4.59. The van der Waals surface area contributed by atoms with Gasteiger partial charge in [0.25, 0.3) is 0 Å². The Kier molecular flexibility index (Phi) is 1.37. The monoisotopic (exact) mass is 196 g/mol. The topological polar surface area (TPSA) is 12.5 Å². The predicted octanol–water partition coefficient (Wildman–Crippen LogP) is 2.71. The molecule has 1 fully saturated rings. The van der Waals surface area contributed by atoms with Gasteiger partial charge in [-0.1, -0.05) is 36.4 Å². The smallest absolute Gasteiger partial charge is 0.0885 e. The maximum Gasteiger partial charge on any atom is 0.0885 e. The molecule has 0 aromatic heterocycles. The van der Waals surface area contributed by atoms with E-state index in [1.807, 2.05) is 0 Å². The fourth-order valence-corrected chi connectivity index (χ4v) is 2.69. The molecule has 1 aliphatic heterocycles. The Hall–Kier alpha value is -1.34. The molecule has 1 saturated heterocycles. The Balaban J connectivity index is 1.97. The van der Waals surface area contributed by atoms with E-state index in [0.29, 0.717) is 12.2 Å². The van der Waals surface area contributed by atoms with E-state index in [1.165, 1.54) is 21.9 Å². The third-order valence-electron chi connectivity index (χ3n) is 3.60. The van der Waals surface area contributed by atoms with Crippen LogP contribution >= 0.6 is 0 Å². The van der Waals surface area contributed by atoms with Crippen LogP contribution in [0, 0.1) is 0 Å². The van der Waals surface area contributed by atoms with Crippen LogP contribution in [0.15, 0.2) is 36.4 Å². The molecule has 4 rings (SSSR count). The molecule has 0 N–H and O–H groups in total. The fraction of sp³-hybridized carbons (Fsp3) is 0.286. The van der Waals surface area contributed by atoms with Gasteiger partial charge in [0.05, 0.1) is 12.2 Å². The van der Waals surface area contributed by atoms with Crippen molar-refractivity contribution in [3.63, 3.8) is 0 Å². The molecule has 2 atom stereocenters. The largest absolute Gasteiger partial charge is 0.369 e. The summed E-state index contributed by atoms with van der Waals surface area (Å²) in [6.07, 6.45) is 3.28. The van der Waals surface area contributed by atoms with Crippen molar-refractivity contribution in [2.24, 2.45) is 0 Å². The van der Waals surface area contributed by atoms with Gasteiger partial charge in [0.15, 0.2) is 0 Å². The van der Waals surface area contributed by atoms with Crippen molar-refractivity contribution in [2.75, 3.05) is 0 Å². The maximum atomic E-state index is 5.59. The molecule has 15 heavy (non-hydrogen) atoms. The van der Waals surface area contributed by atoms with Crippen LogP contribution in [0.3, 0.4) is 0 Å². The third-order valence-corrected chi connectivity index (χ3v) is 3.60. The van der Waals surface area contributed by atoms with E-state index in [2.05, 4.69) is 36.4 Å². The summed E-state index contributed by atoms with van der Waals surface area (Å²) in [5.74, 6) is 0. The van der Waals surface area contributed by atoms with Crippen LogP contribution in [-0.4, -0.2) is 12.2 Å². The van der Waals surface area contributed by atoms with Crippen LogP contribution in [0.2, 0.25) is 0 Å². The summed E-state index contributed by atoms with van der Waals surface area (Å²) in [7, 11) is 0. The number of rotatable bonds is 0. The second kappa shape index (κ2) is 2.61. The summed E-state index contributed by atoms with van der Waals surface area (Å²) >= 11 is 0. The zero-order valence-corrected chi connectivity index (χ0v) is 8.44. The van der Waals surface area contributed by atoms with Crippen LogP contribution in [0.1, 0.15) is 11.1 Å². The highest BCUT2D eigenvalue weighted by molar-refractivity contribution is 5.84. The highest BCUT2D eigenvalue weighted by atomic mass is 16.6. The predicted molar refractivity (Wildman–Crippen MR) is 60.0 cm³/mol. The van der Waals surface area contributed by atoms with Gasteiger partial charge in [-0.3, -0.25) is 0 Å². The van der Waals surface area contributed by atoms with Crippen molar-refractivity contribution in [1.29, 1.82) is 0 Å². The lowest BCUT2D eigenvalue weighted by atomic mass is 9.89. The standard InChI is InChI=1S/C14H12O/c1-2-4-10-6-12-8-14-13(15-14)7-11(12)5-9(10)3-1/h1-6,13-14H,7-8H2/t13-,14-/m0/s1. The molecule has 2 aromatic carbocycles. The lowest BCUT2D eigenvalue weighted by Gasteiger charge is -2.13. The molecule has 2 aliphatic rings. The van der Waals surface area contributed by atoms with Crippen molar-refractivity contribution in [2.45, 2.75) is 25.0 Å². The Morgan fingerprint density at radius 2 is 1.40 bits per heavy atom. The van der Waals surface area contributed by atoms with Gasteiger partial charge in [0, 0.05) is 12.8 Å². The van der Waals surface area contributed by atoms with Crippen LogP contribution in [0.5, 0.6) is 0 Å². The first-order chi connectivity index (χ1) is 7.40. The average molecular weight is 196 g/mol. The van der Waals surface area contributed by atoms with Gasteiger partial charge in [-0.25, -0.2) is 0 Å². The second-order valence-electron chi connectivity index (χ2n) is 4.59. The lowest BCUT2D eigenvalue weighted by Crippen LogP contribution is -2.11. The molecule has 0 spiro atoms. The summed E-state index contributed by atoms with van der Waals surface area (Å²) in [5.41, 5.74) is 2.99. The molecule has 0 amide bonds. The Bertz CT molecular complexity index is 496. The molecule has 74 valence electrons. The Labute approximate surface area is 88.7 Å². The van der Waals surface area contributed by atoms with Crippen LogP contribution in [0.4, 0.5) is 0 Å². The van der Waals surface area contributed by atoms with Gasteiger partial charge in [-0.05, 0) is 21.9 Å². The molecule has 1 heterocycles. The van der Waals surface area contributed by atoms with Gasteiger partial charge >= 0.3 is 0 Å². The van der Waals surface area contributed by atoms with Gasteiger partial charge in [-0.15, -0.1) is 0 Å². The van der Waals surface area contributed by atoms with E-state index < -0.39 is 0 Å². The first-order valence-electron chi connectivity index (χ1n) is 5.56. The highest BCUT2D eigenvalue weighted by Gasteiger charge is 2.42. The first-order valence-corrected chi connectivity index (χ1v) is 5.56. The summed E-state index contributed by atoms with van der Waals surface area (Å²) < 4.78 is 5.59. The minimum absolute atomic E-state index is 0.527. The summed E-state index contributed by atoms with van der Waals surface area (Å²) in [4.78, 5) is 0. The van der Waals surface area contributed by atoms with E-state index in [4.69, 9.17) is 4.74 Å². The molecule has 0 unspecified atom stereocenters. The van der Waals surface area contributed by atoms with E-state index in [-0.39, 0.29) is 0 Å². The molecular formula is C14H12O. The molecule has 0 radical (unpaired) electrons. The van der Waals surface area contributed by atoms with Gasteiger partial charge in [0.2, 0.25) is 0 Å². The lowest BCUT2D eigenvalue weighted by molar-refractivity contribution is 0.375. The Morgan fingerprint density at radius 3 is 1.93 bits per heavy atom. The summed E-state index contributed by atoms with van der Waals surface area (Å²) in [6, 6.07) is 13.3. The number of ether oxygens (including phenoxy) is 1. The highest BCUT2D eigenvalue weighted by Crippen LogP contribution is 2.37.